The molecule has 0 radical (unpaired) electrons. The Morgan fingerprint density at radius 3 is 2.90 bits per heavy atom. The number of hydrogen-bond acceptors (Lipinski definition) is 4. The van der Waals surface area contributed by atoms with Crippen LogP contribution in [0.5, 0.6) is 0 Å². The van der Waals surface area contributed by atoms with Crippen LogP contribution in [0.2, 0.25) is 0 Å². The molecule has 5 nitrogen and oxygen atoms in total. The van der Waals surface area contributed by atoms with Crippen molar-refractivity contribution in [1.82, 2.24) is 4.90 Å². The Labute approximate surface area is 130 Å². The van der Waals surface area contributed by atoms with Gasteiger partial charge in [0.25, 0.3) is 5.91 Å². The van der Waals surface area contributed by atoms with Crippen LogP contribution in [-0.4, -0.2) is 36.0 Å². The third kappa shape index (κ3) is 3.18. The van der Waals surface area contributed by atoms with E-state index >= 15 is 0 Å². The number of anilines is 1. The molecule has 0 saturated carbocycles. The van der Waals surface area contributed by atoms with E-state index in [2.05, 4.69) is 15.9 Å². The molecule has 1 unspecified atom stereocenters. The number of halogens is 2. The van der Waals surface area contributed by atoms with Gasteiger partial charge in [0.2, 0.25) is 0 Å². The van der Waals surface area contributed by atoms with Crippen molar-refractivity contribution in [2.45, 2.75) is 25.8 Å². The lowest BCUT2D eigenvalue weighted by Gasteiger charge is -2.23. The van der Waals surface area contributed by atoms with Gasteiger partial charge in [0.1, 0.15) is 11.9 Å². The van der Waals surface area contributed by atoms with Crippen molar-refractivity contribution in [3.8, 4) is 0 Å². The lowest BCUT2D eigenvalue weighted by molar-refractivity contribution is -0.147. The van der Waals surface area contributed by atoms with E-state index in [0.29, 0.717) is 17.4 Å². The lowest BCUT2D eigenvalue weighted by atomic mass is 10.1. The quantitative estimate of drug-likeness (QED) is 0.664. The van der Waals surface area contributed by atoms with E-state index in [1.807, 2.05) is 0 Å². The average molecular weight is 359 g/mol. The number of nitrogen functional groups attached to an aromatic ring is 1. The molecule has 1 aromatic rings. The minimum atomic E-state index is -0.596. The first-order chi connectivity index (χ1) is 9.95. The summed E-state index contributed by atoms with van der Waals surface area (Å²) in [6, 6.07) is 1.84. The fourth-order valence-corrected chi connectivity index (χ4v) is 2.86. The number of nitrogens with zero attached hydrogens (tertiary/aromatic N) is 1. The molecule has 1 aliphatic heterocycles. The molecule has 0 aromatic heterocycles. The molecule has 1 amide bonds. The second-order valence-corrected chi connectivity index (χ2v) is 5.62. The standard InChI is InChI=1S/C14H16BrFN2O3/c1-2-21-14(20)12-4-3-5-18(12)13(19)8-6-11(17)10(16)7-9(8)15/h6-7,12H,2-5,17H2,1H3. The Morgan fingerprint density at radius 1 is 1.52 bits per heavy atom. The number of nitrogens with two attached hydrogens (primary N) is 1. The topological polar surface area (TPSA) is 72.6 Å². The number of ether oxygens (including phenoxy) is 1. The van der Waals surface area contributed by atoms with E-state index in [0.717, 1.165) is 12.5 Å². The van der Waals surface area contributed by atoms with Gasteiger partial charge in [0, 0.05) is 11.0 Å². The lowest BCUT2D eigenvalue weighted by Crippen LogP contribution is -2.41. The van der Waals surface area contributed by atoms with Crippen LogP contribution in [0.1, 0.15) is 30.1 Å². The van der Waals surface area contributed by atoms with Crippen molar-refractivity contribution in [3.63, 3.8) is 0 Å². The molecule has 1 fully saturated rings. The zero-order valence-corrected chi connectivity index (χ0v) is 13.2. The van der Waals surface area contributed by atoms with Crippen molar-refractivity contribution in [3.05, 3.63) is 28.0 Å². The SMILES string of the molecule is CCOC(=O)C1CCCN1C(=O)c1cc(N)c(F)cc1Br. The first-order valence-corrected chi connectivity index (χ1v) is 7.47. The first-order valence-electron chi connectivity index (χ1n) is 6.67. The number of carbonyl (C=O) groups excluding carboxylic acids is 2. The number of carbonyl (C=O) groups is 2. The van der Waals surface area contributed by atoms with Crippen LogP contribution in [-0.2, 0) is 9.53 Å². The maximum atomic E-state index is 13.4. The fraction of sp³-hybridized carbons (Fsp3) is 0.429. The molecule has 1 aliphatic rings. The second-order valence-electron chi connectivity index (χ2n) is 4.76. The van der Waals surface area contributed by atoms with Crippen molar-refractivity contribution in [2.24, 2.45) is 0 Å². The summed E-state index contributed by atoms with van der Waals surface area (Å²) in [6.45, 7) is 2.45. The molecule has 2 N–H and O–H groups in total. The molecule has 1 atom stereocenters. The maximum Gasteiger partial charge on any atom is 0.328 e. The Balaban J connectivity index is 2.27. The summed E-state index contributed by atoms with van der Waals surface area (Å²) in [4.78, 5) is 25.9. The molecule has 7 heteroatoms. The van der Waals surface area contributed by atoms with Crippen LogP contribution in [0, 0.1) is 5.82 Å². The largest absolute Gasteiger partial charge is 0.464 e. The van der Waals surface area contributed by atoms with Crippen molar-refractivity contribution >= 4 is 33.5 Å². The van der Waals surface area contributed by atoms with E-state index in [9.17, 15) is 14.0 Å². The maximum absolute atomic E-state index is 13.4. The highest BCUT2D eigenvalue weighted by molar-refractivity contribution is 9.10. The molecule has 0 spiro atoms. The average Bonchev–Trinajstić information content (AvgIpc) is 2.91. The third-order valence-electron chi connectivity index (χ3n) is 3.39. The van der Waals surface area contributed by atoms with Gasteiger partial charge < -0.3 is 15.4 Å². The summed E-state index contributed by atoms with van der Waals surface area (Å²) < 4.78 is 18.7. The fourth-order valence-electron chi connectivity index (χ4n) is 2.38. The highest BCUT2D eigenvalue weighted by atomic mass is 79.9. The number of hydrogen-bond donors (Lipinski definition) is 1. The van der Waals surface area contributed by atoms with Gasteiger partial charge in [-0.05, 0) is 47.8 Å². The predicted molar refractivity (Wildman–Crippen MR) is 79.2 cm³/mol. The van der Waals surface area contributed by atoms with Gasteiger partial charge in [-0.1, -0.05) is 0 Å². The highest BCUT2D eigenvalue weighted by Gasteiger charge is 2.36. The van der Waals surface area contributed by atoms with E-state index < -0.39 is 17.8 Å². The Bertz CT molecular complexity index is 580. The molecule has 21 heavy (non-hydrogen) atoms. The summed E-state index contributed by atoms with van der Waals surface area (Å²) in [6.07, 6.45) is 1.29. The normalized spacial score (nSPS) is 17.9. The van der Waals surface area contributed by atoms with Gasteiger partial charge in [0.05, 0.1) is 17.9 Å². The third-order valence-corrected chi connectivity index (χ3v) is 4.05. The highest BCUT2D eigenvalue weighted by Crippen LogP contribution is 2.27. The smallest absolute Gasteiger partial charge is 0.328 e. The van der Waals surface area contributed by atoms with Gasteiger partial charge in [-0.3, -0.25) is 4.79 Å². The summed E-state index contributed by atoms with van der Waals surface area (Å²) in [7, 11) is 0. The number of rotatable bonds is 3. The molecule has 1 saturated heterocycles. The monoisotopic (exact) mass is 358 g/mol. The van der Waals surface area contributed by atoms with Crippen molar-refractivity contribution < 1.29 is 18.7 Å². The summed E-state index contributed by atoms with van der Waals surface area (Å²) in [5.41, 5.74) is 5.65. The van der Waals surface area contributed by atoms with E-state index in [-0.39, 0.29) is 23.8 Å². The van der Waals surface area contributed by atoms with Crippen LogP contribution in [0.15, 0.2) is 16.6 Å². The van der Waals surface area contributed by atoms with Gasteiger partial charge in [-0.25, -0.2) is 9.18 Å². The zero-order valence-electron chi connectivity index (χ0n) is 11.6. The summed E-state index contributed by atoms with van der Waals surface area (Å²) in [5.74, 6) is -1.36. The van der Waals surface area contributed by atoms with Crippen LogP contribution >= 0.6 is 15.9 Å². The van der Waals surface area contributed by atoms with Gasteiger partial charge >= 0.3 is 5.97 Å². The summed E-state index contributed by atoms with van der Waals surface area (Å²) in [5, 5.41) is 0. The van der Waals surface area contributed by atoms with E-state index in [1.54, 1.807) is 6.92 Å². The van der Waals surface area contributed by atoms with Gasteiger partial charge in [0.15, 0.2) is 0 Å². The molecule has 0 aliphatic carbocycles. The van der Waals surface area contributed by atoms with Gasteiger partial charge in [-0.2, -0.15) is 0 Å². The van der Waals surface area contributed by atoms with Crippen LogP contribution in [0.4, 0.5) is 10.1 Å². The molecule has 1 heterocycles. The minimum Gasteiger partial charge on any atom is -0.464 e. The van der Waals surface area contributed by atoms with Crippen LogP contribution in [0.25, 0.3) is 0 Å². The Hall–Kier alpha value is -1.63. The molecule has 114 valence electrons. The number of amides is 1. The first kappa shape index (κ1) is 15.8. The molecular weight excluding hydrogens is 343 g/mol. The molecule has 1 aromatic carbocycles. The van der Waals surface area contributed by atoms with Crippen LogP contribution in [0.3, 0.4) is 0 Å². The Kier molecular flexibility index (Phi) is 4.82. The number of esters is 1. The van der Waals surface area contributed by atoms with Crippen molar-refractivity contribution in [2.75, 3.05) is 18.9 Å². The van der Waals surface area contributed by atoms with Gasteiger partial charge in [-0.15, -0.1) is 0 Å². The van der Waals surface area contributed by atoms with Crippen LogP contribution < -0.4 is 5.73 Å². The number of likely N-dealkylation sites (tertiary alicyclic amines) is 1. The number of benzene rings is 1. The molecule has 2 rings (SSSR count). The van der Waals surface area contributed by atoms with Crippen molar-refractivity contribution in [1.29, 1.82) is 0 Å². The predicted octanol–water partition coefficient (Wildman–Crippen LogP) is 2.34. The van der Waals surface area contributed by atoms with E-state index in [4.69, 9.17) is 10.5 Å². The Morgan fingerprint density at radius 2 is 2.24 bits per heavy atom. The molecular formula is C14H16BrFN2O3. The second kappa shape index (κ2) is 6.43. The molecule has 0 bridgehead atoms. The summed E-state index contributed by atoms with van der Waals surface area (Å²) >= 11 is 3.16. The zero-order chi connectivity index (χ0) is 15.6. The minimum absolute atomic E-state index is 0.103. The van der Waals surface area contributed by atoms with E-state index in [1.165, 1.54) is 11.0 Å².